The summed E-state index contributed by atoms with van der Waals surface area (Å²) in [5, 5.41) is 3.71. The van der Waals surface area contributed by atoms with Crippen molar-refractivity contribution in [3.63, 3.8) is 0 Å². The van der Waals surface area contributed by atoms with Gasteiger partial charge in [-0.1, -0.05) is 121 Å². The van der Waals surface area contributed by atoms with Gasteiger partial charge in [0, 0.05) is 0 Å². The number of aromatic nitrogens is 4. The number of hydrogen-bond acceptors (Lipinski definition) is 5. The molecule has 6 nitrogen and oxygen atoms in total. The summed E-state index contributed by atoms with van der Waals surface area (Å²) in [5.41, 5.74) is 4.66. The van der Waals surface area contributed by atoms with Gasteiger partial charge in [-0.3, -0.25) is 0 Å². The molecule has 0 atom stereocenters. The summed E-state index contributed by atoms with van der Waals surface area (Å²) < 4.78 is 6.17. The summed E-state index contributed by atoms with van der Waals surface area (Å²) in [6.45, 7) is 0.382. The van der Waals surface area contributed by atoms with Crippen molar-refractivity contribution in [3.05, 3.63) is 150 Å². The summed E-state index contributed by atoms with van der Waals surface area (Å²) in [5.74, 6) is 0.858. The van der Waals surface area contributed by atoms with E-state index in [1.54, 1.807) is 6.33 Å². The molecular formula is C31H25N5O. The van der Waals surface area contributed by atoms with Crippen LogP contribution < -0.4 is 10.1 Å². The van der Waals surface area contributed by atoms with Crippen molar-refractivity contribution < 1.29 is 4.74 Å². The Balaban J connectivity index is 1.50. The summed E-state index contributed by atoms with van der Waals surface area (Å²) in [4.78, 5) is 17.1. The largest absolute Gasteiger partial charge is 0.471 e. The second-order valence-electron chi connectivity index (χ2n) is 8.70. The smallest absolute Gasteiger partial charge is 0.245 e. The highest BCUT2D eigenvalue weighted by Gasteiger charge is 2.37. The number of rotatable bonds is 8. The van der Waals surface area contributed by atoms with Crippen molar-refractivity contribution in [1.29, 1.82) is 0 Å². The van der Waals surface area contributed by atoms with Crippen LogP contribution in [0.15, 0.2) is 128 Å². The number of aromatic amines is 1. The molecule has 0 aliphatic rings. The zero-order chi connectivity index (χ0) is 24.9. The molecule has 0 unspecified atom stereocenters. The molecule has 2 aromatic heterocycles. The third-order valence-corrected chi connectivity index (χ3v) is 6.39. The maximum atomic E-state index is 6.17. The second-order valence-corrected chi connectivity index (χ2v) is 8.70. The first-order chi connectivity index (χ1) is 18.3. The lowest BCUT2D eigenvalue weighted by Gasteiger charge is -2.36. The van der Waals surface area contributed by atoms with Gasteiger partial charge in [0.05, 0.1) is 6.33 Å². The van der Waals surface area contributed by atoms with Crippen molar-refractivity contribution in [2.75, 3.05) is 5.32 Å². The lowest BCUT2D eigenvalue weighted by Crippen LogP contribution is -2.38. The first-order valence-corrected chi connectivity index (χ1v) is 12.2. The van der Waals surface area contributed by atoms with Gasteiger partial charge in [-0.2, -0.15) is 9.97 Å². The molecule has 6 heteroatoms. The van der Waals surface area contributed by atoms with E-state index in [0.717, 1.165) is 22.3 Å². The SMILES string of the molecule is c1ccc(COc2nc(NC(c3ccccc3)(c3ccccc3)c3ccccc3)nc3nc[nH]c23)cc1. The van der Waals surface area contributed by atoms with Gasteiger partial charge >= 0.3 is 0 Å². The van der Waals surface area contributed by atoms with Crippen LogP contribution in [0.25, 0.3) is 11.2 Å². The normalized spacial score (nSPS) is 11.4. The Bertz CT molecular complexity index is 1490. The number of nitrogens with zero attached hydrogens (tertiary/aromatic N) is 3. The molecule has 2 heterocycles. The van der Waals surface area contributed by atoms with E-state index in [1.807, 2.05) is 84.9 Å². The average molecular weight is 484 g/mol. The molecule has 0 fully saturated rings. The number of imidazole rings is 1. The molecule has 0 radical (unpaired) electrons. The minimum absolute atomic E-state index is 0.382. The molecule has 0 bridgehead atoms. The number of ether oxygens (including phenoxy) is 1. The molecule has 0 aliphatic carbocycles. The zero-order valence-electron chi connectivity index (χ0n) is 20.1. The van der Waals surface area contributed by atoms with E-state index in [4.69, 9.17) is 14.7 Å². The van der Waals surface area contributed by atoms with Crippen molar-refractivity contribution in [3.8, 4) is 5.88 Å². The summed E-state index contributed by atoms with van der Waals surface area (Å²) in [6, 6.07) is 41.1. The van der Waals surface area contributed by atoms with Crippen LogP contribution in [-0.2, 0) is 12.1 Å². The monoisotopic (exact) mass is 483 g/mol. The molecule has 0 saturated carbocycles. The van der Waals surface area contributed by atoms with Crippen LogP contribution in [0.1, 0.15) is 22.3 Å². The summed E-state index contributed by atoms with van der Waals surface area (Å²) in [6.07, 6.45) is 1.61. The summed E-state index contributed by atoms with van der Waals surface area (Å²) >= 11 is 0. The van der Waals surface area contributed by atoms with Gasteiger partial charge in [0.25, 0.3) is 0 Å². The maximum absolute atomic E-state index is 6.17. The first kappa shape index (κ1) is 22.5. The highest BCUT2D eigenvalue weighted by molar-refractivity contribution is 5.77. The van der Waals surface area contributed by atoms with Crippen molar-refractivity contribution in [1.82, 2.24) is 19.9 Å². The van der Waals surface area contributed by atoms with Crippen LogP contribution in [0.3, 0.4) is 0 Å². The standard InChI is InChI=1S/C31H25N5O/c1-5-13-23(14-6-1)21-37-29-27-28(33-22-32-27)34-30(35-29)36-31(24-15-7-2-8-16-24,25-17-9-3-10-18-25)26-19-11-4-12-20-26/h1-20,22H,21H2,(H2,32,33,34,35,36). The van der Waals surface area contributed by atoms with Crippen LogP contribution in [-0.4, -0.2) is 19.9 Å². The Kier molecular flexibility index (Phi) is 6.05. The molecule has 0 spiro atoms. The average Bonchev–Trinajstić information content (AvgIpc) is 3.46. The van der Waals surface area contributed by atoms with E-state index in [2.05, 4.69) is 51.7 Å². The predicted molar refractivity (Wildman–Crippen MR) is 145 cm³/mol. The number of hydrogen-bond donors (Lipinski definition) is 2. The van der Waals surface area contributed by atoms with Crippen LogP contribution in [0, 0.1) is 0 Å². The van der Waals surface area contributed by atoms with E-state index in [0.29, 0.717) is 29.6 Å². The van der Waals surface area contributed by atoms with Gasteiger partial charge in [-0.25, -0.2) is 4.98 Å². The Labute approximate surface area is 215 Å². The van der Waals surface area contributed by atoms with E-state index in [9.17, 15) is 0 Å². The predicted octanol–water partition coefficient (Wildman–Crippen LogP) is 6.34. The van der Waals surface area contributed by atoms with Crippen molar-refractivity contribution >= 4 is 17.1 Å². The zero-order valence-corrected chi connectivity index (χ0v) is 20.1. The molecular weight excluding hydrogens is 458 g/mol. The molecule has 6 rings (SSSR count). The van der Waals surface area contributed by atoms with E-state index in [-0.39, 0.29) is 0 Å². The van der Waals surface area contributed by atoms with Crippen LogP contribution >= 0.6 is 0 Å². The number of anilines is 1. The molecule has 0 aliphatic heterocycles. The molecule has 37 heavy (non-hydrogen) atoms. The van der Waals surface area contributed by atoms with Crippen molar-refractivity contribution in [2.24, 2.45) is 0 Å². The fourth-order valence-corrected chi connectivity index (χ4v) is 4.64. The number of nitrogens with one attached hydrogen (secondary N) is 2. The molecule has 0 saturated heterocycles. The second kappa shape index (κ2) is 9.95. The van der Waals surface area contributed by atoms with E-state index < -0.39 is 5.54 Å². The Morgan fingerprint density at radius 2 is 1.16 bits per heavy atom. The van der Waals surface area contributed by atoms with Gasteiger partial charge in [-0.15, -0.1) is 0 Å². The van der Waals surface area contributed by atoms with Crippen molar-refractivity contribution in [2.45, 2.75) is 12.1 Å². The summed E-state index contributed by atoms with van der Waals surface area (Å²) in [7, 11) is 0. The third-order valence-electron chi connectivity index (χ3n) is 6.39. The minimum Gasteiger partial charge on any atom is -0.471 e. The minimum atomic E-state index is -0.759. The molecule has 180 valence electrons. The van der Waals surface area contributed by atoms with Crippen LogP contribution in [0.4, 0.5) is 5.95 Å². The maximum Gasteiger partial charge on any atom is 0.245 e. The third kappa shape index (κ3) is 4.41. The van der Waals surface area contributed by atoms with E-state index in [1.165, 1.54) is 0 Å². The first-order valence-electron chi connectivity index (χ1n) is 12.2. The van der Waals surface area contributed by atoms with Gasteiger partial charge < -0.3 is 15.0 Å². The number of benzene rings is 4. The van der Waals surface area contributed by atoms with Crippen LogP contribution in [0.5, 0.6) is 5.88 Å². The highest BCUT2D eigenvalue weighted by atomic mass is 16.5. The lowest BCUT2D eigenvalue weighted by molar-refractivity contribution is 0.297. The Morgan fingerprint density at radius 3 is 1.70 bits per heavy atom. The highest BCUT2D eigenvalue weighted by Crippen LogP contribution is 2.39. The Hall–Kier alpha value is -4.97. The van der Waals surface area contributed by atoms with E-state index >= 15 is 0 Å². The fourth-order valence-electron chi connectivity index (χ4n) is 4.64. The van der Waals surface area contributed by atoms with Crippen LogP contribution in [0.2, 0.25) is 0 Å². The molecule has 2 N–H and O–H groups in total. The lowest BCUT2D eigenvalue weighted by atomic mass is 9.77. The van der Waals surface area contributed by atoms with Gasteiger partial charge in [0.2, 0.25) is 11.8 Å². The fraction of sp³-hybridized carbons (Fsp3) is 0.0645. The molecule has 4 aromatic carbocycles. The van der Waals surface area contributed by atoms with Gasteiger partial charge in [0.1, 0.15) is 17.7 Å². The molecule has 6 aromatic rings. The number of fused-ring (bicyclic) bond motifs is 1. The quantitative estimate of drug-likeness (QED) is 0.247. The van der Waals surface area contributed by atoms with Gasteiger partial charge in [-0.05, 0) is 22.3 Å². The topological polar surface area (TPSA) is 75.7 Å². The molecule has 0 amide bonds. The Morgan fingerprint density at radius 1 is 0.649 bits per heavy atom. The van der Waals surface area contributed by atoms with Gasteiger partial charge in [0.15, 0.2) is 5.65 Å². The number of H-pyrrole nitrogens is 1.